The van der Waals surface area contributed by atoms with Crippen LogP contribution < -0.4 is 9.80 Å². The summed E-state index contributed by atoms with van der Waals surface area (Å²) in [6.07, 6.45) is 2.11. The summed E-state index contributed by atoms with van der Waals surface area (Å²) >= 11 is 0. The molecule has 4 rings (SSSR count). The van der Waals surface area contributed by atoms with Crippen LogP contribution in [-0.2, 0) is 14.4 Å². The second kappa shape index (κ2) is 7.21. The first-order chi connectivity index (χ1) is 13.5. The molecule has 28 heavy (non-hydrogen) atoms. The van der Waals surface area contributed by atoms with E-state index in [2.05, 4.69) is 9.97 Å². The predicted octanol–water partition coefficient (Wildman–Crippen LogP) is 4.37. The Kier molecular flexibility index (Phi) is 4.74. The van der Waals surface area contributed by atoms with Crippen molar-refractivity contribution in [2.75, 3.05) is 10.8 Å². The molecule has 0 fully saturated rings. The number of fused-ring (bicyclic) bond motifs is 2. The third kappa shape index (κ3) is 3.44. The van der Waals surface area contributed by atoms with Crippen LogP contribution in [0.25, 0.3) is 11.4 Å². The average molecular weight is 397 g/mol. The third-order valence-electron chi connectivity index (χ3n) is 4.18. The van der Waals surface area contributed by atoms with Crippen LogP contribution in [0.4, 0.5) is 11.4 Å². The van der Waals surface area contributed by atoms with Gasteiger partial charge in [-0.1, -0.05) is 25.1 Å². The Morgan fingerprint density at radius 1 is 1.07 bits per heavy atom. The zero-order valence-corrected chi connectivity index (χ0v) is 16.3. The van der Waals surface area contributed by atoms with Crippen LogP contribution in [0.3, 0.4) is 0 Å². The van der Waals surface area contributed by atoms with Crippen LogP contribution in [0, 0.1) is 6.92 Å². The Morgan fingerprint density at radius 2 is 1.86 bits per heavy atom. The molecule has 0 saturated heterocycles. The molecule has 0 atom stereocenters. The molecule has 1 aliphatic heterocycles. The second-order valence-corrected chi connectivity index (χ2v) is 8.05. The smallest absolute Gasteiger partial charge is 0.288 e. The molecule has 0 N–H and O–H groups in total. The molecule has 144 valence electrons. The fourth-order valence-corrected chi connectivity index (χ4v) is 3.96. The number of hydrogen-bond acceptors (Lipinski definition) is 7. The molecular formula is C20H19N3O4S. The molecule has 1 aliphatic rings. The summed E-state index contributed by atoms with van der Waals surface area (Å²) in [5.74, 6) is 1.34. The second-order valence-electron chi connectivity index (χ2n) is 6.37. The number of benzene rings is 2. The SMILES string of the molecule is CCCS(=O)(=O)ON1c2ccccc2Oc2cccc(-c3nccc(C)n3)c21. The summed E-state index contributed by atoms with van der Waals surface area (Å²) in [5, 5.41) is 1.31. The summed E-state index contributed by atoms with van der Waals surface area (Å²) in [6.45, 7) is 3.65. The van der Waals surface area contributed by atoms with Crippen molar-refractivity contribution in [3.63, 3.8) is 0 Å². The Balaban J connectivity index is 1.92. The molecule has 7 nitrogen and oxygen atoms in total. The van der Waals surface area contributed by atoms with Crippen LogP contribution in [0.1, 0.15) is 19.0 Å². The van der Waals surface area contributed by atoms with Gasteiger partial charge in [-0.25, -0.2) is 9.97 Å². The zero-order chi connectivity index (χ0) is 19.7. The Hall–Kier alpha value is -2.97. The molecule has 0 unspecified atom stereocenters. The molecule has 2 aromatic carbocycles. The van der Waals surface area contributed by atoms with Crippen molar-refractivity contribution < 1.29 is 17.4 Å². The van der Waals surface area contributed by atoms with Crippen LogP contribution >= 0.6 is 0 Å². The van der Waals surface area contributed by atoms with Gasteiger partial charge in [-0.05, 0) is 43.7 Å². The van der Waals surface area contributed by atoms with E-state index in [1.54, 1.807) is 43.5 Å². The minimum absolute atomic E-state index is 0.0923. The topological polar surface area (TPSA) is 81.6 Å². The average Bonchev–Trinajstić information content (AvgIpc) is 2.67. The maximum Gasteiger partial charge on any atom is 0.288 e. The van der Waals surface area contributed by atoms with E-state index in [0.29, 0.717) is 40.7 Å². The lowest BCUT2D eigenvalue weighted by molar-refractivity contribution is 0.308. The number of para-hydroxylation sites is 3. The monoisotopic (exact) mass is 397 g/mol. The lowest BCUT2D eigenvalue weighted by Crippen LogP contribution is -2.27. The number of ether oxygens (including phenoxy) is 1. The van der Waals surface area contributed by atoms with Crippen molar-refractivity contribution >= 4 is 21.5 Å². The first-order valence-electron chi connectivity index (χ1n) is 8.91. The number of aromatic nitrogens is 2. The zero-order valence-electron chi connectivity index (χ0n) is 15.5. The van der Waals surface area contributed by atoms with Gasteiger partial charge >= 0.3 is 0 Å². The van der Waals surface area contributed by atoms with Gasteiger partial charge in [-0.2, -0.15) is 13.5 Å². The van der Waals surface area contributed by atoms with Crippen molar-refractivity contribution in [2.24, 2.45) is 0 Å². The van der Waals surface area contributed by atoms with E-state index in [-0.39, 0.29) is 5.75 Å². The fraction of sp³-hybridized carbons (Fsp3) is 0.200. The van der Waals surface area contributed by atoms with Crippen LogP contribution in [0.5, 0.6) is 11.5 Å². The van der Waals surface area contributed by atoms with Crippen LogP contribution in [0.2, 0.25) is 0 Å². The Labute approximate surface area is 163 Å². The standard InChI is InChI=1S/C20H19N3O4S/c1-3-13-28(24,25)27-23-16-8-4-5-9-17(16)26-18-10-6-7-15(19(18)23)20-21-12-11-14(2)22-20/h4-12H,3,13H2,1-2H3. The molecule has 0 radical (unpaired) electrons. The van der Waals surface area contributed by atoms with Crippen molar-refractivity contribution in [2.45, 2.75) is 20.3 Å². The molecule has 3 aromatic rings. The van der Waals surface area contributed by atoms with E-state index >= 15 is 0 Å². The van der Waals surface area contributed by atoms with Crippen LogP contribution in [-0.4, -0.2) is 24.1 Å². The fourth-order valence-electron chi connectivity index (χ4n) is 3.00. The van der Waals surface area contributed by atoms with Gasteiger partial charge in [-0.15, -0.1) is 4.28 Å². The van der Waals surface area contributed by atoms with E-state index in [0.717, 1.165) is 5.69 Å². The number of nitrogens with zero attached hydrogens (tertiary/aromatic N) is 3. The Bertz CT molecular complexity index is 1130. The van der Waals surface area contributed by atoms with Crippen molar-refractivity contribution in [1.82, 2.24) is 9.97 Å². The third-order valence-corrected chi connectivity index (χ3v) is 5.47. The van der Waals surface area contributed by atoms with E-state index in [1.165, 1.54) is 5.06 Å². The van der Waals surface area contributed by atoms with Gasteiger partial charge in [-0.3, -0.25) is 0 Å². The first-order valence-corrected chi connectivity index (χ1v) is 10.5. The molecule has 2 heterocycles. The lowest BCUT2D eigenvalue weighted by atomic mass is 10.1. The van der Waals surface area contributed by atoms with Gasteiger partial charge in [0.05, 0.1) is 5.75 Å². The summed E-state index contributed by atoms with van der Waals surface area (Å²) in [6, 6.07) is 14.3. The number of anilines is 2. The summed E-state index contributed by atoms with van der Waals surface area (Å²) in [7, 11) is -3.79. The predicted molar refractivity (Wildman–Crippen MR) is 106 cm³/mol. The van der Waals surface area contributed by atoms with Crippen molar-refractivity contribution in [3.8, 4) is 22.9 Å². The van der Waals surface area contributed by atoms with Gasteiger partial charge in [0.2, 0.25) is 0 Å². The van der Waals surface area contributed by atoms with Crippen molar-refractivity contribution in [3.05, 3.63) is 60.4 Å². The van der Waals surface area contributed by atoms with E-state index < -0.39 is 10.1 Å². The maximum atomic E-state index is 12.5. The molecule has 0 aliphatic carbocycles. The normalized spacial score (nSPS) is 12.9. The quantitative estimate of drug-likeness (QED) is 0.632. The largest absolute Gasteiger partial charge is 0.453 e. The van der Waals surface area contributed by atoms with E-state index in [4.69, 9.17) is 9.02 Å². The van der Waals surface area contributed by atoms with Crippen molar-refractivity contribution in [1.29, 1.82) is 0 Å². The molecule has 0 amide bonds. The highest BCUT2D eigenvalue weighted by Gasteiger charge is 2.32. The highest BCUT2D eigenvalue weighted by molar-refractivity contribution is 7.86. The van der Waals surface area contributed by atoms with Gasteiger partial charge < -0.3 is 4.74 Å². The van der Waals surface area contributed by atoms with Gasteiger partial charge in [0.1, 0.15) is 11.4 Å². The van der Waals surface area contributed by atoms with Gasteiger partial charge in [0, 0.05) is 17.5 Å². The Morgan fingerprint density at radius 3 is 2.64 bits per heavy atom. The summed E-state index contributed by atoms with van der Waals surface area (Å²) in [5.41, 5.74) is 2.36. The highest BCUT2D eigenvalue weighted by atomic mass is 32.2. The summed E-state index contributed by atoms with van der Waals surface area (Å²) in [4.78, 5) is 8.82. The minimum atomic E-state index is -3.79. The molecule has 0 saturated carbocycles. The number of rotatable bonds is 5. The molecule has 0 spiro atoms. The molecule has 8 heteroatoms. The highest BCUT2D eigenvalue weighted by Crippen LogP contribution is 2.50. The summed E-state index contributed by atoms with van der Waals surface area (Å²) < 4.78 is 36.5. The number of aryl methyl sites for hydroxylation is 1. The van der Waals surface area contributed by atoms with Crippen LogP contribution in [0.15, 0.2) is 54.7 Å². The van der Waals surface area contributed by atoms with Gasteiger partial charge in [0.25, 0.3) is 10.1 Å². The van der Waals surface area contributed by atoms with E-state index in [9.17, 15) is 8.42 Å². The minimum Gasteiger partial charge on any atom is -0.453 e. The van der Waals surface area contributed by atoms with E-state index in [1.807, 2.05) is 25.1 Å². The molecular weight excluding hydrogens is 378 g/mol. The van der Waals surface area contributed by atoms with Gasteiger partial charge in [0.15, 0.2) is 17.3 Å². The molecule has 0 bridgehead atoms. The number of hydrogen-bond donors (Lipinski definition) is 0. The first kappa shape index (κ1) is 18.4. The molecule has 1 aromatic heterocycles. The lowest BCUT2D eigenvalue weighted by Gasteiger charge is -2.32. The maximum absolute atomic E-state index is 12.5.